The van der Waals surface area contributed by atoms with Gasteiger partial charge in [0.05, 0.1) is 4.90 Å². The van der Waals surface area contributed by atoms with Crippen LogP contribution in [0.15, 0.2) is 21.5 Å². The molecule has 0 fully saturated rings. The van der Waals surface area contributed by atoms with Crippen molar-refractivity contribution >= 4 is 31.9 Å². The smallest absolute Gasteiger partial charge is 0.251 e. The van der Waals surface area contributed by atoms with Crippen molar-refractivity contribution in [1.82, 2.24) is 5.32 Å². The molecule has 0 aliphatic rings. The molecule has 0 radical (unpaired) electrons. The minimum Gasteiger partial charge on any atom is -0.349 e. The molecule has 0 bridgehead atoms. The zero-order valence-electron chi connectivity index (χ0n) is 11.9. The Morgan fingerprint density at radius 1 is 1.30 bits per heavy atom. The second-order valence-corrected chi connectivity index (χ2v) is 7.54. The monoisotopic (exact) mass is 362 g/mol. The number of hydrogen-bond donors (Lipinski definition) is 2. The molecule has 0 heterocycles. The normalized spacial score (nSPS) is 13.3. The molecule has 1 aromatic rings. The zero-order chi connectivity index (χ0) is 15.7. The fraction of sp³-hybridized carbons (Fsp3) is 0.462. The van der Waals surface area contributed by atoms with Crippen molar-refractivity contribution in [2.24, 2.45) is 11.1 Å². The molecule has 0 spiro atoms. The lowest BCUT2D eigenvalue weighted by molar-refractivity contribution is 0.0929. The number of benzene rings is 1. The molecule has 1 atom stereocenters. The van der Waals surface area contributed by atoms with Crippen LogP contribution in [0.2, 0.25) is 0 Å². The Kier molecular flexibility index (Phi) is 5.34. The first-order valence-electron chi connectivity index (χ1n) is 6.18. The highest BCUT2D eigenvalue weighted by atomic mass is 79.9. The van der Waals surface area contributed by atoms with Crippen molar-refractivity contribution in [2.75, 3.05) is 0 Å². The Bertz CT molecular complexity index is 627. The van der Waals surface area contributed by atoms with Gasteiger partial charge in [-0.25, -0.2) is 13.6 Å². The van der Waals surface area contributed by atoms with Crippen molar-refractivity contribution in [1.29, 1.82) is 0 Å². The molecular weight excluding hydrogens is 344 g/mol. The SMILES string of the molecule is Cc1c(Br)cc(S(N)(=O)=O)cc1C(=O)NC(C)C(C)C. The van der Waals surface area contributed by atoms with E-state index in [1.807, 2.05) is 20.8 Å². The average Bonchev–Trinajstić information content (AvgIpc) is 2.30. The van der Waals surface area contributed by atoms with Crippen LogP contribution in [-0.2, 0) is 10.0 Å². The number of sulfonamides is 1. The number of nitrogens with two attached hydrogens (primary N) is 1. The van der Waals surface area contributed by atoms with Gasteiger partial charge in [0.2, 0.25) is 10.0 Å². The second-order valence-electron chi connectivity index (χ2n) is 5.13. The molecule has 0 aliphatic carbocycles. The predicted octanol–water partition coefficient (Wildman–Crippen LogP) is 2.18. The average molecular weight is 363 g/mol. The van der Waals surface area contributed by atoms with Gasteiger partial charge in [0, 0.05) is 16.1 Å². The Hall–Kier alpha value is -0.920. The molecule has 5 nitrogen and oxygen atoms in total. The summed E-state index contributed by atoms with van der Waals surface area (Å²) in [5, 5.41) is 7.96. The number of carbonyl (C=O) groups is 1. The molecule has 112 valence electrons. The number of amides is 1. The number of halogens is 1. The van der Waals surface area contributed by atoms with Gasteiger partial charge in [-0.05, 0) is 37.5 Å². The van der Waals surface area contributed by atoms with Gasteiger partial charge in [0.15, 0.2) is 0 Å². The summed E-state index contributed by atoms with van der Waals surface area (Å²) in [4.78, 5) is 12.2. The lowest BCUT2D eigenvalue weighted by atomic mass is 10.0. The van der Waals surface area contributed by atoms with Crippen molar-refractivity contribution < 1.29 is 13.2 Å². The quantitative estimate of drug-likeness (QED) is 0.859. The summed E-state index contributed by atoms with van der Waals surface area (Å²) < 4.78 is 23.4. The molecule has 1 amide bonds. The van der Waals surface area contributed by atoms with E-state index in [2.05, 4.69) is 21.2 Å². The molecule has 0 saturated heterocycles. The van der Waals surface area contributed by atoms with E-state index in [1.54, 1.807) is 6.92 Å². The Morgan fingerprint density at radius 2 is 1.85 bits per heavy atom. The standard InChI is InChI=1S/C13H19BrN2O3S/c1-7(2)9(4)16-13(17)11-5-10(20(15,18)19)6-12(14)8(11)3/h5-7,9H,1-4H3,(H,16,17)(H2,15,18,19). The van der Waals surface area contributed by atoms with Gasteiger partial charge in [0.25, 0.3) is 5.91 Å². The third kappa shape index (κ3) is 4.04. The molecule has 20 heavy (non-hydrogen) atoms. The summed E-state index contributed by atoms with van der Waals surface area (Å²) in [6.45, 7) is 7.63. The van der Waals surface area contributed by atoms with Crippen LogP contribution in [0.5, 0.6) is 0 Å². The topological polar surface area (TPSA) is 89.3 Å². The lowest BCUT2D eigenvalue weighted by Gasteiger charge is -2.18. The van der Waals surface area contributed by atoms with Crippen LogP contribution in [0.3, 0.4) is 0 Å². The molecule has 0 aromatic heterocycles. The van der Waals surface area contributed by atoms with Crippen LogP contribution in [0, 0.1) is 12.8 Å². The highest BCUT2D eigenvalue weighted by Crippen LogP contribution is 2.24. The highest BCUT2D eigenvalue weighted by Gasteiger charge is 2.19. The summed E-state index contributed by atoms with van der Waals surface area (Å²) in [6.07, 6.45) is 0. The first-order valence-corrected chi connectivity index (χ1v) is 8.51. The second kappa shape index (κ2) is 6.24. The van der Waals surface area contributed by atoms with Gasteiger partial charge in [-0.3, -0.25) is 4.79 Å². The largest absolute Gasteiger partial charge is 0.349 e. The van der Waals surface area contributed by atoms with Crippen molar-refractivity contribution in [3.05, 3.63) is 27.7 Å². The number of hydrogen-bond acceptors (Lipinski definition) is 3. The van der Waals surface area contributed by atoms with E-state index in [0.29, 0.717) is 15.6 Å². The van der Waals surface area contributed by atoms with Gasteiger partial charge >= 0.3 is 0 Å². The van der Waals surface area contributed by atoms with E-state index in [9.17, 15) is 13.2 Å². The van der Waals surface area contributed by atoms with Crippen LogP contribution in [-0.4, -0.2) is 20.4 Å². The molecule has 1 unspecified atom stereocenters. The van der Waals surface area contributed by atoms with Gasteiger partial charge in [-0.15, -0.1) is 0 Å². The zero-order valence-corrected chi connectivity index (χ0v) is 14.3. The minimum atomic E-state index is -3.85. The molecular formula is C13H19BrN2O3S. The molecule has 1 rings (SSSR count). The van der Waals surface area contributed by atoms with Crippen molar-refractivity contribution in [3.8, 4) is 0 Å². The lowest BCUT2D eigenvalue weighted by Crippen LogP contribution is -2.36. The van der Waals surface area contributed by atoms with Gasteiger partial charge in [-0.2, -0.15) is 0 Å². The Morgan fingerprint density at radius 3 is 2.30 bits per heavy atom. The number of primary sulfonamides is 1. The third-order valence-electron chi connectivity index (χ3n) is 3.25. The van der Waals surface area contributed by atoms with Gasteiger partial charge in [-0.1, -0.05) is 29.8 Å². The molecule has 0 aliphatic heterocycles. The number of rotatable bonds is 4. The van der Waals surface area contributed by atoms with Crippen LogP contribution in [0.25, 0.3) is 0 Å². The summed E-state index contributed by atoms with van der Waals surface area (Å²) in [5.41, 5.74) is 0.974. The maximum absolute atomic E-state index is 12.2. The van der Waals surface area contributed by atoms with Crippen LogP contribution < -0.4 is 10.5 Å². The maximum Gasteiger partial charge on any atom is 0.251 e. The summed E-state index contributed by atoms with van der Waals surface area (Å²) in [7, 11) is -3.85. The minimum absolute atomic E-state index is 0.0150. The van der Waals surface area contributed by atoms with Gasteiger partial charge in [0.1, 0.15) is 0 Å². The number of nitrogens with one attached hydrogen (secondary N) is 1. The Balaban J connectivity index is 3.24. The first kappa shape index (κ1) is 17.1. The predicted molar refractivity (Wildman–Crippen MR) is 82.0 cm³/mol. The summed E-state index contributed by atoms with van der Waals surface area (Å²) in [6, 6.07) is 2.68. The van der Waals surface area contributed by atoms with E-state index in [0.717, 1.165) is 0 Å². The van der Waals surface area contributed by atoms with Crippen molar-refractivity contribution in [3.63, 3.8) is 0 Å². The Labute approximate surface area is 128 Å². The van der Waals surface area contributed by atoms with Gasteiger partial charge < -0.3 is 5.32 Å². The van der Waals surface area contributed by atoms with E-state index in [4.69, 9.17) is 5.14 Å². The van der Waals surface area contributed by atoms with Crippen molar-refractivity contribution in [2.45, 2.75) is 38.6 Å². The highest BCUT2D eigenvalue weighted by molar-refractivity contribution is 9.10. The molecule has 1 aromatic carbocycles. The summed E-state index contributed by atoms with van der Waals surface area (Å²) in [5.74, 6) is -0.0287. The van der Waals surface area contributed by atoms with E-state index >= 15 is 0 Å². The summed E-state index contributed by atoms with van der Waals surface area (Å²) >= 11 is 3.25. The van der Waals surface area contributed by atoms with E-state index in [1.165, 1.54) is 12.1 Å². The fourth-order valence-electron chi connectivity index (χ4n) is 1.51. The van der Waals surface area contributed by atoms with Crippen LogP contribution in [0.1, 0.15) is 36.7 Å². The first-order chi connectivity index (χ1) is 9.04. The third-order valence-corrected chi connectivity index (χ3v) is 4.97. The molecule has 0 saturated carbocycles. The van der Waals surface area contributed by atoms with Crippen LogP contribution >= 0.6 is 15.9 Å². The fourth-order valence-corrected chi connectivity index (χ4v) is 2.68. The van der Waals surface area contributed by atoms with E-state index < -0.39 is 10.0 Å². The molecule has 3 N–H and O–H groups in total. The van der Waals surface area contributed by atoms with E-state index in [-0.39, 0.29) is 22.8 Å². The van der Waals surface area contributed by atoms with Crippen LogP contribution in [0.4, 0.5) is 0 Å². The molecule has 7 heteroatoms. The number of carbonyl (C=O) groups excluding carboxylic acids is 1. The maximum atomic E-state index is 12.2.